The molecule has 1 amide bonds. The molecule has 1 saturated heterocycles. The van der Waals surface area contributed by atoms with Gasteiger partial charge in [-0.1, -0.05) is 54.6 Å². The number of hydrogen-bond acceptors (Lipinski definition) is 2. The molecule has 0 saturated carbocycles. The number of carbonyl (C=O) groups is 2. The van der Waals surface area contributed by atoms with E-state index in [4.69, 9.17) is 0 Å². The highest BCUT2D eigenvalue weighted by Gasteiger charge is 2.56. The molecule has 3 aromatic carbocycles. The summed E-state index contributed by atoms with van der Waals surface area (Å²) in [5, 5.41) is 12.5. The van der Waals surface area contributed by atoms with Crippen LogP contribution in [0.15, 0.2) is 78.9 Å². The number of rotatable bonds is 5. The molecule has 2 N–H and O–H groups in total. The van der Waals surface area contributed by atoms with Crippen molar-refractivity contribution >= 4 is 11.9 Å². The third-order valence-electron chi connectivity index (χ3n) is 5.68. The molecule has 0 aromatic heterocycles. The second-order valence-electron chi connectivity index (χ2n) is 7.40. The van der Waals surface area contributed by atoms with Gasteiger partial charge in [-0.25, -0.2) is 8.78 Å². The number of carboxylic acid groups (broad SMARTS) is 1. The monoisotopic (exact) mass is 407 g/mol. The number of hydrogen-bond donors (Lipinski definition) is 2. The third kappa shape index (κ3) is 3.34. The summed E-state index contributed by atoms with van der Waals surface area (Å²) < 4.78 is 27.4. The molecule has 0 bridgehead atoms. The van der Waals surface area contributed by atoms with Crippen molar-refractivity contribution in [1.29, 1.82) is 0 Å². The highest BCUT2D eigenvalue weighted by Crippen LogP contribution is 2.51. The van der Waals surface area contributed by atoms with E-state index in [1.165, 1.54) is 24.3 Å². The minimum Gasteiger partial charge on any atom is -0.481 e. The smallest absolute Gasteiger partial charge is 0.304 e. The zero-order chi connectivity index (χ0) is 21.3. The van der Waals surface area contributed by atoms with Crippen LogP contribution in [0.1, 0.15) is 29.0 Å². The number of amides is 1. The highest BCUT2D eigenvalue weighted by atomic mass is 19.1. The maximum atomic E-state index is 13.7. The fourth-order valence-electron chi connectivity index (χ4n) is 4.45. The Hall–Kier alpha value is -3.54. The molecule has 0 spiro atoms. The first-order valence-electron chi connectivity index (χ1n) is 9.52. The van der Waals surface area contributed by atoms with E-state index in [9.17, 15) is 23.5 Å². The maximum absolute atomic E-state index is 13.7. The fraction of sp³-hybridized carbons (Fsp3) is 0.167. The Morgan fingerprint density at radius 1 is 0.867 bits per heavy atom. The van der Waals surface area contributed by atoms with Crippen molar-refractivity contribution in [1.82, 2.24) is 5.32 Å². The molecule has 1 unspecified atom stereocenters. The van der Waals surface area contributed by atoms with Crippen LogP contribution in [0, 0.1) is 17.6 Å². The fourth-order valence-corrected chi connectivity index (χ4v) is 4.45. The maximum Gasteiger partial charge on any atom is 0.304 e. The Morgan fingerprint density at radius 3 is 1.83 bits per heavy atom. The summed E-state index contributed by atoms with van der Waals surface area (Å²) in [5.41, 5.74) is 0.756. The van der Waals surface area contributed by atoms with Crippen LogP contribution in [0.25, 0.3) is 0 Å². The first-order valence-corrected chi connectivity index (χ1v) is 9.52. The van der Waals surface area contributed by atoms with Crippen molar-refractivity contribution in [2.75, 3.05) is 0 Å². The average molecular weight is 407 g/mol. The van der Waals surface area contributed by atoms with Gasteiger partial charge >= 0.3 is 5.97 Å². The van der Waals surface area contributed by atoms with Crippen molar-refractivity contribution in [2.45, 2.75) is 17.9 Å². The van der Waals surface area contributed by atoms with Crippen molar-refractivity contribution in [3.8, 4) is 0 Å². The highest BCUT2D eigenvalue weighted by molar-refractivity contribution is 5.89. The molecule has 0 radical (unpaired) electrons. The van der Waals surface area contributed by atoms with Gasteiger partial charge in [0.15, 0.2) is 0 Å². The average Bonchev–Trinajstić information content (AvgIpc) is 3.02. The van der Waals surface area contributed by atoms with E-state index in [0.29, 0.717) is 11.1 Å². The number of carbonyl (C=O) groups excluding carboxylic acids is 1. The van der Waals surface area contributed by atoms with Gasteiger partial charge in [0.25, 0.3) is 0 Å². The third-order valence-corrected chi connectivity index (χ3v) is 5.68. The summed E-state index contributed by atoms with van der Waals surface area (Å²) in [6.45, 7) is 0. The van der Waals surface area contributed by atoms with E-state index < -0.39 is 40.9 Å². The van der Waals surface area contributed by atoms with Gasteiger partial charge in [0.05, 0.1) is 17.9 Å². The van der Waals surface area contributed by atoms with Crippen molar-refractivity contribution in [3.63, 3.8) is 0 Å². The summed E-state index contributed by atoms with van der Waals surface area (Å²) in [4.78, 5) is 24.6. The van der Waals surface area contributed by atoms with Crippen LogP contribution in [-0.2, 0) is 15.1 Å². The predicted molar refractivity (Wildman–Crippen MR) is 107 cm³/mol. The van der Waals surface area contributed by atoms with Crippen molar-refractivity contribution in [2.24, 2.45) is 5.92 Å². The lowest BCUT2D eigenvalue weighted by Gasteiger charge is -2.38. The molecule has 3 aromatic rings. The normalized spacial score (nSPS) is 20.0. The first-order chi connectivity index (χ1) is 14.4. The number of aliphatic carboxylic acids is 1. The lowest BCUT2D eigenvalue weighted by Crippen LogP contribution is -2.43. The van der Waals surface area contributed by atoms with E-state index in [1.54, 1.807) is 24.3 Å². The molecule has 0 aliphatic carbocycles. The van der Waals surface area contributed by atoms with Crippen LogP contribution >= 0.6 is 0 Å². The summed E-state index contributed by atoms with van der Waals surface area (Å²) >= 11 is 0. The summed E-state index contributed by atoms with van der Waals surface area (Å²) in [6.07, 6.45) is -0.366. The second-order valence-corrected chi connectivity index (χ2v) is 7.40. The van der Waals surface area contributed by atoms with Crippen LogP contribution in [0.2, 0.25) is 0 Å². The van der Waals surface area contributed by atoms with E-state index >= 15 is 0 Å². The van der Waals surface area contributed by atoms with Crippen molar-refractivity contribution in [3.05, 3.63) is 107 Å². The van der Waals surface area contributed by atoms with Crippen LogP contribution in [0.4, 0.5) is 8.78 Å². The number of nitrogens with one attached hydrogen (secondary N) is 1. The first kappa shape index (κ1) is 19.8. The van der Waals surface area contributed by atoms with Gasteiger partial charge in [0, 0.05) is 5.92 Å². The minimum atomic E-state index is -1.18. The van der Waals surface area contributed by atoms with Gasteiger partial charge < -0.3 is 10.4 Å². The number of benzene rings is 3. The topological polar surface area (TPSA) is 66.4 Å². The van der Waals surface area contributed by atoms with E-state index in [1.807, 2.05) is 30.3 Å². The number of carboxylic acids is 1. The van der Waals surface area contributed by atoms with Gasteiger partial charge in [0.1, 0.15) is 11.6 Å². The molecule has 1 fully saturated rings. The van der Waals surface area contributed by atoms with E-state index in [-0.39, 0.29) is 6.42 Å². The Labute approximate surface area is 172 Å². The van der Waals surface area contributed by atoms with Gasteiger partial charge in [0.2, 0.25) is 5.91 Å². The Balaban J connectivity index is 2.00. The standard InChI is InChI=1S/C24H19F2NO3/c25-18-10-6-16(7-11-18)24(17-8-12-19(26)13-9-17)22(15-4-2-1-3-5-15)20(14-21(28)29)23(30)27-24/h1-13,20,22H,14H2,(H,27,30)(H,28,29)/t20-,22?/m0/s1. The SMILES string of the molecule is O=C(O)C[C@@H]1C(=O)NC(c2ccc(F)cc2)(c2ccc(F)cc2)C1c1ccccc1. The zero-order valence-corrected chi connectivity index (χ0v) is 15.9. The molecular formula is C24H19F2NO3. The summed E-state index contributed by atoms with van der Waals surface area (Å²) in [5.74, 6) is -3.84. The summed E-state index contributed by atoms with van der Waals surface area (Å²) in [7, 11) is 0. The van der Waals surface area contributed by atoms with Gasteiger partial charge in [-0.15, -0.1) is 0 Å². The largest absolute Gasteiger partial charge is 0.481 e. The molecule has 4 rings (SSSR count). The van der Waals surface area contributed by atoms with Gasteiger partial charge in [-0.05, 0) is 41.0 Å². The van der Waals surface area contributed by atoms with E-state index in [0.717, 1.165) is 5.56 Å². The predicted octanol–water partition coefficient (Wildman–Crippen LogP) is 4.21. The molecular weight excluding hydrogens is 388 g/mol. The lowest BCUT2D eigenvalue weighted by molar-refractivity contribution is -0.140. The van der Waals surface area contributed by atoms with Crippen LogP contribution in [-0.4, -0.2) is 17.0 Å². The molecule has 6 heteroatoms. The molecule has 1 aliphatic rings. The molecule has 1 heterocycles. The molecule has 152 valence electrons. The minimum absolute atomic E-state index is 0.366. The molecule has 1 aliphatic heterocycles. The van der Waals surface area contributed by atoms with Gasteiger partial charge in [-0.3, -0.25) is 9.59 Å². The van der Waals surface area contributed by atoms with Crippen molar-refractivity contribution < 1.29 is 23.5 Å². The second kappa shape index (κ2) is 7.71. The van der Waals surface area contributed by atoms with Gasteiger partial charge in [-0.2, -0.15) is 0 Å². The Bertz CT molecular complexity index is 1020. The summed E-state index contributed by atoms with van der Waals surface area (Å²) in [6, 6.07) is 20.6. The Morgan fingerprint density at radius 2 is 1.37 bits per heavy atom. The zero-order valence-electron chi connectivity index (χ0n) is 15.9. The number of halogens is 2. The molecule has 4 nitrogen and oxygen atoms in total. The van der Waals surface area contributed by atoms with Crippen LogP contribution in [0.5, 0.6) is 0 Å². The van der Waals surface area contributed by atoms with E-state index in [2.05, 4.69) is 5.32 Å². The molecule has 30 heavy (non-hydrogen) atoms. The quantitative estimate of drug-likeness (QED) is 0.666. The lowest BCUT2D eigenvalue weighted by atomic mass is 9.68. The van der Waals surface area contributed by atoms with Crippen LogP contribution < -0.4 is 5.32 Å². The molecule has 2 atom stereocenters. The Kier molecular flexibility index (Phi) is 5.08. The van der Waals surface area contributed by atoms with Crippen LogP contribution in [0.3, 0.4) is 0 Å².